The molecule has 4 nitrogen and oxygen atoms in total. The summed E-state index contributed by atoms with van der Waals surface area (Å²) >= 11 is 0. The van der Waals surface area contributed by atoms with Gasteiger partial charge < -0.3 is 4.90 Å². The normalized spacial score (nSPS) is 19.4. The predicted octanol–water partition coefficient (Wildman–Crippen LogP) is 1.45. The van der Waals surface area contributed by atoms with E-state index in [1.54, 1.807) is 0 Å². The molecule has 1 unspecified atom stereocenters. The van der Waals surface area contributed by atoms with Gasteiger partial charge in [-0.05, 0) is 24.3 Å². The van der Waals surface area contributed by atoms with Crippen molar-refractivity contribution in [3.8, 4) is 0 Å². The molecule has 2 rings (SSSR count). The first-order valence-corrected chi connectivity index (χ1v) is 6.07. The maximum atomic E-state index is 12.8. The molecule has 1 atom stereocenters. The Hall–Kier alpha value is -2.04. The van der Waals surface area contributed by atoms with E-state index in [1.807, 2.05) is 0 Å². The van der Waals surface area contributed by atoms with E-state index in [4.69, 9.17) is 0 Å². The lowest BCUT2D eigenvalue weighted by atomic mass is 9.89. The Morgan fingerprint density at radius 1 is 1.26 bits per heavy atom. The van der Waals surface area contributed by atoms with Crippen LogP contribution in [-0.2, 0) is 9.59 Å². The molecule has 5 heteroatoms. The van der Waals surface area contributed by atoms with Crippen LogP contribution < -0.4 is 0 Å². The lowest BCUT2D eigenvalue weighted by Crippen LogP contribution is -2.46. The van der Waals surface area contributed by atoms with E-state index < -0.39 is 11.7 Å². The second kappa shape index (κ2) is 5.30. The van der Waals surface area contributed by atoms with Crippen molar-refractivity contribution < 1.29 is 18.8 Å². The number of likely N-dealkylation sites (tertiary alicyclic amines) is 1. The summed E-state index contributed by atoms with van der Waals surface area (Å²) in [5.74, 6) is -1.92. The second-order valence-corrected chi connectivity index (χ2v) is 4.61. The number of Topliss-reactive ketones (excluding diaryl/α,β-unsaturated/α-hetero) is 2. The summed E-state index contributed by atoms with van der Waals surface area (Å²) in [4.78, 5) is 36.8. The van der Waals surface area contributed by atoms with Crippen LogP contribution >= 0.6 is 0 Å². The molecule has 1 fully saturated rings. The van der Waals surface area contributed by atoms with Crippen LogP contribution in [0.3, 0.4) is 0 Å². The van der Waals surface area contributed by atoms with Gasteiger partial charge in [0.25, 0.3) is 0 Å². The van der Waals surface area contributed by atoms with Crippen molar-refractivity contribution in [2.24, 2.45) is 5.92 Å². The van der Waals surface area contributed by atoms with Crippen LogP contribution in [-0.4, -0.2) is 35.5 Å². The largest absolute Gasteiger partial charge is 0.341 e. The van der Waals surface area contributed by atoms with E-state index in [1.165, 1.54) is 36.1 Å². The van der Waals surface area contributed by atoms with E-state index in [0.29, 0.717) is 12.1 Å². The minimum atomic E-state index is -0.830. The van der Waals surface area contributed by atoms with Crippen LogP contribution in [0.15, 0.2) is 24.3 Å². The molecule has 0 saturated carbocycles. The zero-order chi connectivity index (χ0) is 14.0. The highest BCUT2D eigenvalue weighted by molar-refractivity contribution is 6.11. The van der Waals surface area contributed by atoms with Crippen molar-refractivity contribution in [2.45, 2.75) is 13.3 Å². The minimum absolute atomic E-state index is 0.115. The number of hydrogen-bond acceptors (Lipinski definition) is 3. The quantitative estimate of drug-likeness (QED) is 0.599. The zero-order valence-corrected chi connectivity index (χ0v) is 10.6. The van der Waals surface area contributed by atoms with Crippen molar-refractivity contribution in [3.63, 3.8) is 0 Å². The molecule has 0 bridgehead atoms. The van der Waals surface area contributed by atoms with Gasteiger partial charge in [0.2, 0.25) is 5.91 Å². The average molecular weight is 263 g/mol. The molecule has 1 aromatic carbocycles. The fourth-order valence-corrected chi connectivity index (χ4v) is 2.16. The van der Waals surface area contributed by atoms with E-state index >= 15 is 0 Å². The lowest BCUT2D eigenvalue weighted by molar-refractivity contribution is -0.134. The van der Waals surface area contributed by atoms with Crippen LogP contribution in [0, 0.1) is 11.7 Å². The standard InChI is InChI=1S/C14H14FNO3/c1-9(17)16-7-6-13(18)12(8-16)14(19)10-2-4-11(15)5-3-10/h2-5,12H,6-8H2,1H3. The average Bonchev–Trinajstić information content (AvgIpc) is 2.39. The summed E-state index contributed by atoms with van der Waals surface area (Å²) < 4.78 is 12.8. The van der Waals surface area contributed by atoms with Crippen LogP contribution in [0.2, 0.25) is 0 Å². The molecule has 1 aliphatic heterocycles. The third-order valence-corrected chi connectivity index (χ3v) is 3.31. The molecule has 1 aromatic rings. The number of amides is 1. The molecule has 19 heavy (non-hydrogen) atoms. The molecular formula is C14H14FNO3. The fraction of sp³-hybridized carbons (Fsp3) is 0.357. The predicted molar refractivity (Wildman–Crippen MR) is 66.1 cm³/mol. The van der Waals surface area contributed by atoms with Gasteiger partial charge in [0.05, 0.1) is 5.92 Å². The van der Waals surface area contributed by atoms with Crippen molar-refractivity contribution in [1.82, 2.24) is 4.90 Å². The van der Waals surface area contributed by atoms with Crippen LogP contribution in [0.5, 0.6) is 0 Å². The number of carbonyl (C=O) groups is 3. The van der Waals surface area contributed by atoms with Gasteiger partial charge in [0.1, 0.15) is 11.6 Å². The topological polar surface area (TPSA) is 54.5 Å². The van der Waals surface area contributed by atoms with Crippen molar-refractivity contribution in [3.05, 3.63) is 35.6 Å². The molecule has 100 valence electrons. The van der Waals surface area contributed by atoms with Crippen molar-refractivity contribution >= 4 is 17.5 Å². The highest BCUT2D eigenvalue weighted by atomic mass is 19.1. The molecule has 1 heterocycles. The van der Waals surface area contributed by atoms with Gasteiger partial charge in [-0.1, -0.05) is 0 Å². The number of halogens is 1. The molecule has 1 amide bonds. The monoisotopic (exact) mass is 263 g/mol. The second-order valence-electron chi connectivity index (χ2n) is 4.61. The highest BCUT2D eigenvalue weighted by Crippen LogP contribution is 2.18. The number of carbonyl (C=O) groups excluding carboxylic acids is 3. The summed E-state index contributed by atoms with van der Waals surface area (Å²) in [5, 5.41) is 0. The summed E-state index contributed by atoms with van der Waals surface area (Å²) in [6.45, 7) is 1.89. The fourth-order valence-electron chi connectivity index (χ4n) is 2.16. The summed E-state index contributed by atoms with van der Waals surface area (Å²) in [5.41, 5.74) is 0.296. The third-order valence-electron chi connectivity index (χ3n) is 3.31. The zero-order valence-electron chi connectivity index (χ0n) is 10.6. The first-order valence-electron chi connectivity index (χ1n) is 6.07. The van der Waals surface area contributed by atoms with Crippen LogP contribution in [0.1, 0.15) is 23.7 Å². The smallest absolute Gasteiger partial charge is 0.219 e. The number of hydrogen-bond donors (Lipinski definition) is 0. The first kappa shape index (κ1) is 13.4. The Bertz CT molecular complexity index is 524. The first-order chi connectivity index (χ1) is 8.99. The number of rotatable bonds is 2. The van der Waals surface area contributed by atoms with Crippen LogP contribution in [0.25, 0.3) is 0 Å². The highest BCUT2D eigenvalue weighted by Gasteiger charge is 2.34. The van der Waals surface area contributed by atoms with Gasteiger partial charge in [-0.2, -0.15) is 0 Å². The Morgan fingerprint density at radius 2 is 1.89 bits per heavy atom. The Labute approximate surface area is 110 Å². The van der Waals surface area contributed by atoms with Gasteiger partial charge in [0, 0.05) is 32.0 Å². The van der Waals surface area contributed by atoms with Gasteiger partial charge in [0.15, 0.2) is 5.78 Å². The van der Waals surface area contributed by atoms with E-state index in [9.17, 15) is 18.8 Å². The molecule has 0 N–H and O–H groups in total. The number of nitrogens with zero attached hydrogens (tertiary/aromatic N) is 1. The summed E-state index contributed by atoms with van der Waals surface area (Å²) in [6, 6.07) is 5.09. The Kier molecular flexibility index (Phi) is 3.74. The van der Waals surface area contributed by atoms with Gasteiger partial charge in [-0.25, -0.2) is 4.39 Å². The molecule has 1 saturated heterocycles. The summed E-state index contributed by atoms with van der Waals surface area (Å²) in [6.07, 6.45) is 0.192. The number of ketones is 2. The Balaban J connectivity index is 2.19. The maximum absolute atomic E-state index is 12.8. The van der Waals surface area contributed by atoms with Crippen molar-refractivity contribution in [2.75, 3.05) is 13.1 Å². The molecule has 0 aliphatic carbocycles. The molecule has 0 aromatic heterocycles. The van der Waals surface area contributed by atoms with E-state index in [0.717, 1.165) is 0 Å². The van der Waals surface area contributed by atoms with E-state index in [2.05, 4.69) is 0 Å². The number of piperidine rings is 1. The maximum Gasteiger partial charge on any atom is 0.219 e. The van der Waals surface area contributed by atoms with E-state index in [-0.39, 0.29) is 30.4 Å². The lowest BCUT2D eigenvalue weighted by Gasteiger charge is -2.30. The van der Waals surface area contributed by atoms with Crippen molar-refractivity contribution in [1.29, 1.82) is 0 Å². The van der Waals surface area contributed by atoms with Gasteiger partial charge in [-0.15, -0.1) is 0 Å². The number of benzene rings is 1. The molecular weight excluding hydrogens is 249 g/mol. The van der Waals surface area contributed by atoms with Gasteiger partial charge in [-0.3, -0.25) is 14.4 Å². The molecule has 0 spiro atoms. The Morgan fingerprint density at radius 3 is 2.47 bits per heavy atom. The molecule has 0 radical (unpaired) electrons. The van der Waals surface area contributed by atoms with Gasteiger partial charge >= 0.3 is 0 Å². The third kappa shape index (κ3) is 2.86. The molecule has 1 aliphatic rings. The summed E-state index contributed by atoms with van der Waals surface area (Å²) in [7, 11) is 0. The minimum Gasteiger partial charge on any atom is -0.341 e. The SMILES string of the molecule is CC(=O)N1CCC(=O)C(C(=O)c2ccc(F)cc2)C1. The van der Waals surface area contributed by atoms with Crippen LogP contribution in [0.4, 0.5) is 4.39 Å².